The molecule has 0 aromatic rings. The largest absolute Gasteiger partial charge is 0.328 e. The molecule has 0 atom stereocenters. The highest BCUT2D eigenvalue weighted by atomic mass is 79.9. The van der Waals surface area contributed by atoms with E-state index in [-0.39, 0.29) is 6.03 Å². The zero-order valence-electron chi connectivity index (χ0n) is 8.01. The van der Waals surface area contributed by atoms with Crippen LogP contribution in [0.1, 0.15) is 13.3 Å². The minimum atomic E-state index is 0.0958. The smallest absolute Gasteiger partial charge is 0.319 e. The average molecular weight is 237 g/mol. The summed E-state index contributed by atoms with van der Waals surface area (Å²) in [6, 6.07) is 0.0958. The van der Waals surface area contributed by atoms with E-state index in [0.717, 1.165) is 24.8 Å². The molecule has 0 radical (unpaired) electrons. The number of carbonyl (C=O) groups is 1. The third-order valence-corrected chi connectivity index (χ3v) is 2.32. The molecule has 0 heterocycles. The first-order valence-electron chi connectivity index (χ1n) is 4.15. The van der Waals surface area contributed by atoms with Crippen molar-refractivity contribution < 1.29 is 4.79 Å². The molecule has 0 bridgehead atoms. The molecule has 12 heavy (non-hydrogen) atoms. The molecule has 0 N–H and O–H groups in total. The van der Waals surface area contributed by atoms with Gasteiger partial charge in [-0.05, 0) is 13.3 Å². The Kier molecular flexibility index (Phi) is 6.16. The lowest BCUT2D eigenvalue weighted by Crippen LogP contribution is -2.39. The van der Waals surface area contributed by atoms with E-state index in [2.05, 4.69) is 15.9 Å². The maximum absolute atomic E-state index is 11.4. The van der Waals surface area contributed by atoms with Crippen molar-refractivity contribution in [3.8, 4) is 0 Å². The van der Waals surface area contributed by atoms with Gasteiger partial charge in [0.25, 0.3) is 0 Å². The summed E-state index contributed by atoms with van der Waals surface area (Å²) in [5, 5.41) is 0.945. The van der Waals surface area contributed by atoms with Crippen LogP contribution in [0.5, 0.6) is 0 Å². The van der Waals surface area contributed by atoms with Crippen molar-refractivity contribution >= 4 is 22.0 Å². The molecule has 0 saturated heterocycles. The van der Waals surface area contributed by atoms with Gasteiger partial charge in [0.2, 0.25) is 0 Å². The van der Waals surface area contributed by atoms with Crippen LogP contribution in [0.15, 0.2) is 0 Å². The zero-order chi connectivity index (χ0) is 9.56. The summed E-state index contributed by atoms with van der Waals surface area (Å²) in [4.78, 5) is 14.9. The second-order valence-electron chi connectivity index (χ2n) is 2.76. The lowest BCUT2D eigenvalue weighted by atomic mass is 10.4. The first-order chi connectivity index (χ1) is 5.63. The van der Waals surface area contributed by atoms with Crippen molar-refractivity contribution in [2.24, 2.45) is 0 Å². The molecule has 4 heteroatoms. The fraction of sp³-hybridized carbons (Fsp3) is 0.875. The molecule has 0 aliphatic heterocycles. The molecule has 72 valence electrons. The Bertz CT molecular complexity index is 141. The molecule has 0 aliphatic carbocycles. The minimum absolute atomic E-state index is 0.0958. The lowest BCUT2D eigenvalue weighted by Gasteiger charge is -2.23. The summed E-state index contributed by atoms with van der Waals surface area (Å²) in [6.07, 6.45) is 1.000. The Hall–Kier alpha value is -0.250. The van der Waals surface area contributed by atoms with Crippen molar-refractivity contribution in [1.29, 1.82) is 0 Å². The van der Waals surface area contributed by atoms with Crippen LogP contribution in [0.4, 0.5) is 4.79 Å². The van der Waals surface area contributed by atoms with Gasteiger partial charge in [0.15, 0.2) is 0 Å². The van der Waals surface area contributed by atoms with Crippen LogP contribution in [-0.4, -0.2) is 48.3 Å². The minimum Gasteiger partial charge on any atom is -0.328 e. The van der Waals surface area contributed by atoms with Gasteiger partial charge in [-0.15, -0.1) is 0 Å². The fourth-order valence-corrected chi connectivity index (χ4v) is 1.07. The molecule has 0 aliphatic rings. The van der Waals surface area contributed by atoms with E-state index in [1.54, 1.807) is 9.80 Å². The molecule has 0 aromatic heterocycles. The van der Waals surface area contributed by atoms with Gasteiger partial charge in [0.1, 0.15) is 0 Å². The third kappa shape index (κ3) is 3.95. The number of rotatable bonds is 4. The van der Waals surface area contributed by atoms with Crippen LogP contribution in [0.3, 0.4) is 0 Å². The second-order valence-corrected chi connectivity index (χ2v) is 3.55. The van der Waals surface area contributed by atoms with Gasteiger partial charge in [-0.1, -0.05) is 15.9 Å². The number of nitrogens with zero attached hydrogens (tertiary/aromatic N) is 2. The molecule has 0 aromatic carbocycles. The van der Waals surface area contributed by atoms with E-state index in [4.69, 9.17) is 0 Å². The van der Waals surface area contributed by atoms with Gasteiger partial charge in [-0.2, -0.15) is 0 Å². The number of hydrogen-bond acceptors (Lipinski definition) is 1. The van der Waals surface area contributed by atoms with Crippen molar-refractivity contribution in [2.75, 3.05) is 32.5 Å². The molecule has 2 amide bonds. The summed E-state index contributed by atoms with van der Waals surface area (Å²) in [7, 11) is 3.64. The summed E-state index contributed by atoms with van der Waals surface area (Å²) in [6.45, 7) is 3.54. The first kappa shape index (κ1) is 11.8. The van der Waals surface area contributed by atoms with Crippen molar-refractivity contribution in [1.82, 2.24) is 9.80 Å². The van der Waals surface area contributed by atoms with Crippen molar-refractivity contribution in [2.45, 2.75) is 13.3 Å². The summed E-state index contributed by atoms with van der Waals surface area (Å²) in [5.74, 6) is 0. The molecular weight excluding hydrogens is 220 g/mol. The first-order valence-corrected chi connectivity index (χ1v) is 5.27. The van der Waals surface area contributed by atoms with Crippen LogP contribution in [0, 0.1) is 0 Å². The highest BCUT2D eigenvalue weighted by Gasteiger charge is 2.10. The normalized spacial score (nSPS) is 9.67. The highest BCUT2D eigenvalue weighted by molar-refractivity contribution is 9.09. The summed E-state index contributed by atoms with van der Waals surface area (Å²) < 4.78 is 0. The number of carbonyl (C=O) groups excluding carboxylic acids is 1. The number of amides is 2. The third-order valence-electron chi connectivity index (χ3n) is 1.75. The topological polar surface area (TPSA) is 23.6 Å². The maximum atomic E-state index is 11.4. The maximum Gasteiger partial charge on any atom is 0.319 e. The Labute approximate surface area is 82.8 Å². The molecule has 3 nitrogen and oxygen atoms in total. The number of hydrogen-bond donors (Lipinski definition) is 0. The van der Waals surface area contributed by atoms with Crippen LogP contribution < -0.4 is 0 Å². The van der Waals surface area contributed by atoms with Gasteiger partial charge in [-0.25, -0.2) is 4.79 Å². The Morgan fingerprint density at radius 3 is 2.33 bits per heavy atom. The SMILES string of the molecule is CCN(C)C(=O)N(C)CCCBr. The van der Waals surface area contributed by atoms with Gasteiger partial charge < -0.3 is 9.80 Å². The van der Waals surface area contributed by atoms with E-state index < -0.39 is 0 Å². The standard InChI is InChI=1S/C8H17BrN2O/c1-4-10(2)8(12)11(3)7-5-6-9/h4-7H2,1-3H3. The predicted octanol–water partition coefficient (Wildman–Crippen LogP) is 1.77. The van der Waals surface area contributed by atoms with Gasteiger partial charge >= 0.3 is 6.03 Å². The van der Waals surface area contributed by atoms with Gasteiger partial charge in [0.05, 0.1) is 0 Å². The lowest BCUT2D eigenvalue weighted by molar-refractivity contribution is 0.175. The molecular formula is C8H17BrN2O. The molecule has 0 fully saturated rings. The van der Waals surface area contributed by atoms with Crippen LogP contribution >= 0.6 is 15.9 Å². The molecule has 0 saturated carbocycles. The van der Waals surface area contributed by atoms with Crippen LogP contribution in [-0.2, 0) is 0 Å². The summed E-state index contributed by atoms with van der Waals surface area (Å²) >= 11 is 3.33. The fourth-order valence-electron chi connectivity index (χ4n) is 0.819. The van der Waals surface area contributed by atoms with E-state index in [0.29, 0.717) is 0 Å². The van der Waals surface area contributed by atoms with E-state index in [9.17, 15) is 4.79 Å². The highest BCUT2D eigenvalue weighted by Crippen LogP contribution is 1.96. The van der Waals surface area contributed by atoms with Crippen LogP contribution in [0.25, 0.3) is 0 Å². The average Bonchev–Trinajstić information content (AvgIpc) is 2.11. The Morgan fingerprint density at radius 2 is 1.92 bits per heavy atom. The van der Waals surface area contributed by atoms with Crippen LogP contribution in [0.2, 0.25) is 0 Å². The van der Waals surface area contributed by atoms with Crippen molar-refractivity contribution in [3.63, 3.8) is 0 Å². The second kappa shape index (κ2) is 6.29. The number of alkyl halides is 1. The van der Waals surface area contributed by atoms with Crippen molar-refractivity contribution in [3.05, 3.63) is 0 Å². The summed E-state index contributed by atoms with van der Waals surface area (Å²) in [5.41, 5.74) is 0. The zero-order valence-corrected chi connectivity index (χ0v) is 9.60. The monoisotopic (exact) mass is 236 g/mol. The molecule has 0 spiro atoms. The van der Waals surface area contributed by atoms with Gasteiger partial charge in [0, 0.05) is 32.5 Å². The number of halogens is 1. The van der Waals surface area contributed by atoms with E-state index in [1.807, 2.05) is 21.0 Å². The molecule has 0 rings (SSSR count). The Balaban J connectivity index is 3.75. The van der Waals surface area contributed by atoms with E-state index in [1.165, 1.54) is 0 Å². The molecule has 0 unspecified atom stereocenters. The number of urea groups is 1. The van der Waals surface area contributed by atoms with E-state index >= 15 is 0 Å². The predicted molar refractivity (Wildman–Crippen MR) is 54.7 cm³/mol. The van der Waals surface area contributed by atoms with Gasteiger partial charge in [-0.3, -0.25) is 0 Å². The Morgan fingerprint density at radius 1 is 1.33 bits per heavy atom. The quantitative estimate of drug-likeness (QED) is 0.683.